The Kier molecular flexibility index (Phi) is 5.40. The fourth-order valence-corrected chi connectivity index (χ4v) is 4.62. The fourth-order valence-electron chi connectivity index (χ4n) is 4.62. The number of carbonyl (C=O) groups excluding carboxylic acids is 1. The molecular weight excluding hydrogens is 350 g/mol. The lowest BCUT2D eigenvalue weighted by Gasteiger charge is -2.39. The average molecular weight is 380 g/mol. The molecule has 0 saturated carbocycles. The van der Waals surface area contributed by atoms with E-state index in [1.54, 1.807) is 0 Å². The number of hydrogen-bond donors (Lipinski definition) is 1. The zero-order valence-electron chi connectivity index (χ0n) is 16.6. The molecule has 0 aliphatic carbocycles. The van der Waals surface area contributed by atoms with E-state index in [1.165, 1.54) is 5.56 Å². The quantitative estimate of drug-likeness (QED) is 0.835. The highest BCUT2D eigenvalue weighted by Gasteiger charge is 2.45. The van der Waals surface area contributed by atoms with Crippen molar-refractivity contribution < 1.29 is 14.6 Å². The van der Waals surface area contributed by atoms with Crippen molar-refractivity contribution in [1.29, 1.82) is 0 Å². The third-order valence-electron chi connectivity index (χ3n) is 6.07. The third-order valence-corrected chi connectivity index (χ3v) is 6.07. The maximum atomic E-state index is 13.6. The van der Waals surface area contributed by atoms with E-state index >= 15 is 0 Å². The van der Waals surface area contributed by atoms with Crippen LogP contribution >= 0.6 is 0 Å². The summed E-state index contributed by atoms with van der Waals surface area (Å²) < 4.78 is 6.30. The molecule has 2 fully saturated rings. The number of benzene rings is 2. The van der Waals surface area contributed by atoms with Gasteiger partial charge in [0.1, 0.15) is 5.75 Å². The summed E-state index contributed by atoms with van der Waals surface area (Å²) in [6, 6.07) is 18.0. The molecule has 2 aromatic carbocycles. The summed E-state index contributed by atoms with van der Waals surface area (Å²) in [5, 5.41) is 10.1. The molecule has 0 aromatic heterocycles. The van der Waals surface area contributed by atoms with Gasteiger partial charge in [0, 0.05) is 17.6 Å². The van der Waals surface area contributed by atoms with Gasteiger partial charge in [0.2, 0.25) is 6.10 Å². The van der Waals surface area contributed by atoms with Crippen LogP contribution in [0.25, 0.3) is 0 Å². The minimum absolute atomic E-state index is 0.0144. The summed E-state index contributed by atoms with van der Waals surface area (Å²) >= 11 is 0. The number of hydrogen-bond acceptors (Lipinski definition) is 3. The van der Waals surface area contributed by atoms with Crippen LogP contribution in [0.3, 0.4) is 0 Å². The second kappa shape index (κ2) is 7.96. The number of ether oxygens (including phenoxy) is 1. The molecule has 4 heteroatoms. The van der Waals surface area contributed by atoms with Gasteiger partial charge in [-0.1, -0.05) is 56.3 Å². The van der Waals surface area contributed by atoms with Crippen molar-refractivity contribution in [3.8, 4) is 5.75 Å². The van der Waals surface area contributed by atoms with Crippen LogP contribution in [0.2, 0.25) is 0 Å². The summed E-state index contributed by atoms with van der Waals surface area (Å²) in [7, 11) is 0. The summed E-state index contributed by atoms with van der Waals surface area (Å²) in [5.74, 6) is 1.13. The zero-order chi connectivity index (χ0) is 19.7. The van der Waals surface area contributed by atoms with Crippen LogP contribution < -0.4 is 4.74 Å². The predicted molar refractivity (Wildman–Crippen MR) is 109 cm³/mol. The molecule has 0 spiro atoms. The highest BCUT2D eigenvalue weighted by molar-refractivity contribution is 5.83. The van der Waals surface area contributed by atoms with Crippen LogP contribution in [0.4, 0.5) is 0 Å². The van der Waals surface area contributed by atoms with Gasteiger partial charge >= 0.3 is 0 Å². The number of aliphatic hydroxyl groups is 1. The van der Waals surface area contributed by atoms with E-state index in [0.717, 1.165) is 24.2 Å². The molecule has 1 amide bonds. The molecule has 2 aliphatic rings. The summed E-state index contributed by atoms with van der Waals surface area (Å²) in [6.07, 6.45) is 2.33. The van der Waals surface area contributed by atoms with E-state index in [1.807, 2.05) is 53.4 Å². The van der Waals surface area contributed by atoms with Crippen LogP contribution in [0.5, 0.6) is 5.75 Å². The maximum absolute atomic E-state index is 13.6. The highest BCUT2D eigenvalue weighted by Crippen LogP contribution is 2.38. The maximum Gasteiger partial charge on any atom is 0.268 e. The zero-order valence-corrected chi connectivity index (χ0v) is 16.6. The SMILES string of the molecule is CC(C)c1cccc(O[C@@H](C(=O)N2[C@H]3CC[C@H]2CC(O)C3)c2ccccc2)c1. The molecule has 1 N–H and O–H groups in total. The van der Waals surface area contributed by atoms with Crippen molar-refractivity contribution in [2.24, 2.45) is 0 Å². The van der Waals surface area contributed by atoms with E-state index < -0.39 is 6.10 Å². The number of nitrogens with zero attached hydrogens (tertiary/aromatic N) is 1. The number of amides is 1. The second-order valence-corrected chi connectivity index (χ2v) is 8.39. The van der Waals surface area contributed by atoms with Crippen molar-refractivity contribution in [1.82, 2.24) is 4.90 Å². The Morgan fingerprint density at radius 3 is 2.29 bits per heavy atom. The number of piperidine rings is 1. The molecule has 2 bridgehead atoms. The monoisotopic (exact) mass is 379 g/mol. The number of rotatable bonds is 5. The van der Waals surface area contributed by atoms with Crippen molar-refractivity contribution in [3.63, 3.8) is 0 Å². The Hall–Kier alpha value is -2.33. The first-order valence-electron chi connectivity index (χ1n) is 10.3. The van der Waals surface area contributed by atoms with Crippen LogP contribution in [0, 0.1) is 0 Å². The number of aliphatic hydroxyl groups excluding tert-OH is 1. The van der Waals surface area contributed by atoms with Gasteiger partial charge in [-0.15, -0.1) is 0 Å². The first-order valence-corrected chi connectivity index (χ1v) is 10.3. The third kappa shape index (κ3) is 3.79. The standard InChI is InChI=1S/C24H29NO3/c1-16(2)18-9-6-10-22(13-18)28-23(17-7-4-3-5-8-17)24(27)25-19-11-12-20(25)15-21(26)14-19/h3-10,13,16,19-21,23,26H,11-12,14-15H2,1-2H3/t19-,20-,23+/m0/s1. The molecule has 3 atom stereocenters. The molecule has 4 nitrogen and oxygen atoms in total. The van der Waals surface area contributed by atoms with Crippen LogP contribution in [-0.4, -0.2) is 34.1 Å². The molecule has 0 radical (unpaired) electrons. The minimum Gasteiger partial charge on any atom is -0.476 e. The van der Waals surface area contributed by atoms with E-state index in [9.17, 15) is 9.90 Å². The Balaban J connectivity index is 1.63. The Morgan fingerprint density at radius 1 is 1.00 bits per heavy atom. The van der Waals surface area contributed by atoms with Gasteiger partial charge < -0.3 is 14.7 Å². The minimum atomic E-state index is -0.665. The van der Waals surface area contributed by atoms with Crippen molar-refractivity contribution in [2.75, 3.05) is 0 Å². The average Bonchev–Trinajstić information content (AvgIpc) is 2.97. The van der Waals surface area contributed by atoms with Crippen LogP contribution in [0.15, 0.2) is 54.6 Å². The van der Waals surface area contributed by atoms with Gasteiger partial charge in [-0.3, -0.25) is 4.79 Å². The van der Waals surface area contributed by atoms with E-state index in [-0.39, 0.29) is 24.1 Å². The van der Waals surface area contributed by atoms with Gasteiger partial charge in [0.15, 0.2) is 0 Å². The van der Waals surface area contributed by atoms with Crippen LogP contribution in [0.1, 0.15) is 62.7 Å². The van der Waals surface area contributed by atoms with E-state index in [0.29, 0.717) is 18.8 Å². The molecule has 0 unspecified atom stereocenters. The lowest BCUT2D eigenvalue weighted by Crippen LogP contribution is -2.50. The molecule has 2 aromatic rings. The fraction of sp³-hybridized carbons (Fsp3) is 0.458. The smallest absolute Gasteiger partial charge is 0.268 e. The second-order valence-electron chi connectivity index (χ2n) is 8.39. The Bertz CT molecular complexity index is 806. The van der Waals surface area contributed by atoms with E-state index in [4.69, 9.17) is 4.74 Å². The normalized spacial score (nSPS) is 25.0. The largest absolute Gasteiger partial charge is 0.476 e. The van der Waals surface area contributed by atoms with Gasteiger partial charge in [-0.2, -0.15) is 0 Å². The summed E-state index contributed by atoms with van der Waals surface area (Å²) in [5.41, 5.74) is 2.06. The lowest BCUT2D eigenvalue weighted by molar-refractivity contribution is -0.145. The topological polar surface area (TPSA) is 49.8 Å². The molecule has 28 heavy (non-hydrogen) atoms. The Morgan fingerprint density at radius 2 is 1.64 bits per heavy atom. The number of fused-ring (bicyclic) bond motifs is 2. The van der Waals surface area contributed by atoms with Gasteiger partial charge in [-0.25, -0.2) is 0 Å². The van der Waals surface area contributed by atoms with Crippen molar-refractivity contribution in [3.05, 3.63) is 65.7 Å². The Labute approximate surface area is 167 Å². The summed E-state index contributed by atoms with van der Waals surface area (Å²) in [6.45, 7) is 4.30. The predicted octanol–water partition coefficient (Wildman–Crippen LogP) is 4.44. The van der Waals surface area contributed by atoms with Gasteiger partial charge in [0.05, 0.1) is 6.10 Å². The van der Waals surface area contributed by atoms with Gasteiger partial charge in [0.25, 0.3) is 5.91 Å². The molecular formula is C24H29NO3. The van der Waals surface area contributed by atoms with Crippen molar-refractivity contribution in [2.45, 2.75) is 69.7 Å². The van der Waals surface area contributed by atoms with E-state index in [2.05, 4.69) is 19.9 Å². The van der Waals surface area contributed by atoms with Gasteiger partial charge in [-0.05, 0) is 49.3 Å². The first kappa shape index (κ1) is 19.0. The molecule has 2 aliphatic heterocycles. The molecule has 148 valence electrons. The first-order chi connectivity index (χ1) is 13.5. The molecule has 4 rings (SSSR count). The highest BCUT2D eigenvalue weighted by atomic mass is 16.5. The molecule has 2 heterocycles. The number of carbonyl (C=O) groups is 1. The summed E-state index contributed by atoms with van der Waals surface area (Å²) in [4.78, 5) is 15.6. The lowest BCUT2D eigenvalue weighted by atomic mass is 9.98. The molecule has 2 saturated heterocycles. The van der Waals surface area contributed by atoms with Crippen molar-refractivity contribution >= 4 is 5.91 Å². The van der Waals surface area contributed by atoms with Crippen LogP contribution in [-0.2, 0) is 4.79 Å².